The number of carbonyl (C=O) groups is 1. The minimum atomic E-state index is -4.31. The Morgan fingerprint density at radius 3 is 1.35 bits per heavy atom. The van der Waals surface area contributed by atoms with Crippen LogP contribution in [0.3, 0.4) is 0 Å². The van der Waals surface area contributed by atoms with Gasteiger partial charge in [0.15, 0.2) is 0 Å². The average Bonchev–Trinajstić information content (AvgIpc) is 3.26. The Balaban J connectivity index is 4.16. The van der Waals surface area contributed by atoms with Crippen LogP contribution in [0.5, 0.6) is 0 Å². The van der Waals surface area contributed by atoms with Crippen molar-refractivity contribution in [1.29, 1.82) is 0 Å². The molecule has 3 N–H and O–H groups in total. The summed E-state index contributed by atoms with van der Waals surface area (Å²) in [7, 11) is -4.31. The van der Waals surface area contributed by atoms with E-state index in [0.717, 1.165) is 89.9 Å². The maximum absolute atomic E-state index is 12.6. The number of phosphoric ester groups is 1. The van der Waals surface area contributed by atoms with E-state index in [0.29, 0.717) is 13.0 Å². The van der Waals surface area contributed by atoms with Crippen LogP contribution in [-0.2, 0) is 27.9 Å². The first kappa shape index (κ1) is 58.9. The Labute approximate surface area is 379 Å². The van der Waals surface area contributed by atoms with Gasteiger partial charge in [0.1, 0.15) is 6.10 Å². The number of nitrogens with two attached hydrogens (primary N) is 1. The van der Waals surface area contributed by atoms with Crippen LogP contribution in [0.1, 0.15) is 168 Å². The van der Waals surface area contributed by atoms with Gasteiger partial charge < -0.3 is 20.1 Å². The zero-order valence-corrected chi connectivity index (χ0v) is 39.9. The zero-order valence-electron chi connectivity index (χ0n) is 39.1. The molecule has 0 aliphatic rings. The van der Waals surface area contributed by atoms with E-state index in [1.165, 1.54) is 51.4 Å². The highest BCUT2D eigenvalue weighted by molar-refractivity contribution is 7.47. The molecule has 0 heterocycles. The van der Waals surface area contributed by atoms with Gasteiger partial charge in [0.2, 0.25) is 0 Å². The number of esters is 1. The fourth-order valence-corrected chi connectivity index (χ4v) is 6.64. The van der Waals surface area contributed by atoms with Crippen LogP contribution in [0.2, 0.25) is 0 Å². The number of carbonyl (C=O) groups excluding carboxylic acids is 1. The summed E-state index contributed by atoms with van der Waals surface area (Å²) in [5.74, 6) is -0.396. The smallest absolute Gasteiger partial charge is 0.457 e. The molecule has 0 aliphatic carbocycles. The number of hydrogen-bond acceptors (Lipinski definition) is 7. The average molecular weight is 882 g/mol. The summed E-state index contributed by atoms with van der Waals surface area (Å²) in [5, 5.41) is 0. The van der Waals surface area contributed by atoms with Crippen molar-refractivity contribution in [3.05, 3.63) is 122 Å². The molecule has 0 spiro atoms. The van der Waals surface area contributed by atoms with Gasteiger partial charge in [-0.2, -0.15) is 0 Å². The molecule has 2 unspecified atom stereocenters. The first-order valence-electron chi connectivity index (χ1n) is 24.0. The molecule has 9 heteroatoms. The van der Waals surface area contributed by atoms with Crippen molar-refractivity contribution < 1.29 is 32.8 Å². The molecule has 352 valence electrons. The maximum Gasteiger partial charge on any atom is 0.472 e. The predicted octanol–water partition coefficient (Wildman–Crippen LogP) is 15.0. The summed E-state index contributed by atoms with van der Waals surface area (Å²) in [4.78, 5) is 22.5. The normalized spacial score (nSPS) is 14.5. The molecule has 0 rings (SSSR count). The van der Waals surface area contributed by atoms with Gasteiger partial charge in [-0.25, -0.2) is 4.57 Å². The molecule has 62 heavy (non-hydrogen) atoms. The van der Waals surface area contributed by atoms with Gasteiger partial charge in [0, 0.05) is 19.6 Å². The lowest BCUT2D eigenvalue weighted by atomic mass is 10.1. The summed E-state index contributed by atoms with van der Waals surface area (Å²) in [6.07, 6.45) is 68.0. The molecule has 0 fully saturated rings. The molecule has 0 bridgehead atoms. The Kier molecular flexibility index (Phi) is 46.5. The third-order valence-corrected chi connectivity index (χ3v) is 10.3. The van der Waals surface area contributed by atoms with Gasteiger partial charge in [-0.15, -0.1) is 0 Å². The third-order valence-electron chi connectivity index (χ3n) is 9.36. The largest absolute Gasteiger partial charge is 0.472 e. The van der Waals surface area contributed by atoms with E-state index in [1.807, 2.05) is 0 Å². The molecular formula is C53H88NO7P. The Hall–Kier alpha value is -3.10. The number of hydrogen-bond donors (Lipinski definition) is 2. The van der Waals surface area contributed by atoms with Crippen LogP contribution >= 0.6 is 7.82 Å². The highest BCUT2D eigenvalue weighted by Crippen LogP contribution is 2.43. The first-order chi connectivity index (χ1) is 30.4. The number of allylic oxidation sites excluding steroid dienone is 20. The number of phosphoric acid groups is 1. The highest BCUT2D eigenvalue weighted by atomic mass is 31.2. The standard InChI is InChI=1S/C53H88NO7P/c1-3-5-7-9-11-13-15-17-19-21-23-25-26-27-28-30-32-34-36-38-40-42-44-46-53(55)61-52(51-60-62(56,57)59-49-47-54)50-58-48-45-43-41-39-37-35-33-31-29-24-22-20-18-16-14-12-10-8-6-4-2/h5,7,11-14,17-20,23-25,27-29,32,34,38,40,52H,3-4,6,8-10,15-16,21-22,26,30-31,33,35-37,39,41-51,54H2,1-2H3,(H,56,57)/b7-5-,13-11-,14-12-,19-17-,20-18-,25-23-,28-27-,29-24-,34-32-,40-38-. The Morgan fingerprint density at radius 2 is 0.903 bits per heavy atom. The topological polar surface area (TPSA) is 117 Å². The fourth-order valence-electron chi connectivity index (χ4n) is 5.87. The third kappa shape index (κ3) is 47.9. The van der Waals surface area contributed by atoms with E-state index in [-0.39, 0.29) is 32.8 Å². The van der Waals surface area contributed by atoms with Crippen molar-refractivity contribution >= 4 is 13.8 Å². The Bertz CT molecular complexity index is 1360. The number of unbranched alkanes of at least 4 members (excludes halogenated alkanes) is 11. The maximum atomic E-state index is 12.6. The van der Waals surface area contributed by atoms with Crippen LogP contribution in [0.4, 0.5) is 0 Å². The molecule has 0 aliphatic heterocycles. The first-order valence-corrected chi connectivity index (χ1v) is 25.5. The summed E-state index contributed by atoms with van der Waals surface area (Å²) in [6, 6.07) is 0. The zero-order chi connectivity index (χ0) is 45.1. The van der Waals surface area contributed by atoms with Crippen molar-refractivity contribution in [2.24, 2.45) is 5.73 Å². The van der Waals surface area contributed by atoms with E-state index in [1.54, 1.807) is 0 Å². The van der Waals surface area contributed by atoms with Gasteiger partial charge >= 0.3 is 13.8 Å². The number of ether oxygens (including phenoxy) is 2. The van der Waals surface area contributed by atoms with Crippen molar-refractivity contribution in [1.82, 2.24) is 0 Å². The van der Waals surface area contributed by atoms with Crippen molar-refractivity contribution in [3.63, 3.8) is 0 Å². The second-order valence-corrected chi connectivity index (χ2v) is 16.7. The van der Waals surface area contributed by atoms with E-state index in [9.17, 15) is 14.3 Å². The minimum Gasteiger partial charge on any atom is -0.457 e. The molecule has 8 nitrogen and oxygen atoms in total. The second-order valence-electron chi connectivity index (χ2n) is 15.2. The monoisotopic (exact) mass is 882 g/mol. The van der Waals surface area contributed by atoms with E-state index >= 15 is 0 Å². The molecule has 2 atom stereocenters. The van der Waals surface area contributed by atoms with Gasteiger partial charge in [0.05, 0.1) is 19.8 Å². The second kappa shape index (κ2) is 48.9. The molecule has 0 aromatic rings. The molecular weight excluding hydrogens is 794 g/mol. The van der Waals surface area contributed by atoms with E-state index in [4.69, 9.17) is 24.3 Å². The fraction of sp³-hybridized carbons (Fsp3) is 0.604. The lowest BCUT2D eigenvalue weighted by Crippen LogP contribution is -2.28. The summed E-state index contributed by atoms with van der Waals surface area (Å²) in [5.41, 5.74) is 5.38. The molecule has 0 aromatic carbocycles. The highest BCUT2D eigenvalue weighted by Gasteiger charge is 2.25. The molecule has 0 aromatic heterocycles. The van der Waals surface area contributed by atoms with Crippen LogP contribution < -0.4 is 5.73 Å². The predicted molar refractivity (Wildman–Crippen MR) is 265 cm³/mol. The van der Waals surface area contributed by atoms with Crippen LogP contribution in [0, 0.1) is 0 Å². The molecule has 0 saturated carbocycles. The van der Waals surface area contributed by atoms with Crippen molar-refractivity contribution in [2.45, 2.75) is 174 Å². The lowest BCUT2D eigenvalue weighted by molar-refractivity contribution is -0.154. The molecule has 0 amide bonds. The molecule has 0 saturated heterocycles. The van der Waals surface area contributed by atoms with Gasteiger partial charge in [-0.3, -0.25) is 13.8 Å². The Morgan fingerprint density at radius 1 is 0.500 bits per heavy atom. The van der Waals surface area contributed by atoms with Crippen molar-refractivity contribution in [3.8, 4) is 0 Å². The van der Waals surface area contributed by atoms with Crippen LogP contribution in [0.25, 0.3) is 0 Å². The van der Waals surface area contributed by atoms with Gasteiger partial charge in [0.25, 0.3) is 0 Å². The summed E-state index contributed by atoms with van der Waals surface area (Å²) in [6.45, 7) is 4.65. The van der Waals surface area contributed by atoms with Gasteiger partial charge in [-0.05, 0) is 103 Å². The number of rotatable bonds is 44. The van der Waals surface area contributed by atoms with E-state index < -0.39 is 19.9 Å². The quantitative estimate of drug-likeness (QED) is 0.0269. The SMILES string of the molecule is CC/C=C\C/C=C\C/C=C\C/C=C\C/C=C\C/C=C\C/C=C\CCCC(=O)OC(COCCCCCCCCC/C=C\C/C=C\C/C=C\CCCCC)COP(=O)(O)OCCN. The van der Waals surface area contributed by atoms with Gasteiger partial charge in [-0.1, -0.05) is 180 Å². The lowest BCUT2D eigenvalue weighted by Gasteiger charge is -2.20. The van der Waals surface area contributed by atoms with Crippen LogP contribution in [0.15, 0.2) is 122 Å². The van der Waals surface area contributed by atoms with Crippen LogP contribution in [-0.4, -0.2) is 49.9 Å². The molecule has 0 radical (unpaired) electrons. The summed E-state index contributed by atoms with van der Waals surface area (Å²) < 4.78 is 33.5. The van der Waals surface area contributed by atoms with E-state index in [2.05, 4.69) is 135 Å². The summed E-state index contributed by atoms with van der Waals surface area (Å²) >= 11 is 0. The minimum absolute atomic E-state index is 0.0774. The van der Waals surface area contributed by atoms with Crippen molar-refractivity contribution in [2.75, 3.05) is 33.0 Å².